The van der Waals surface area contributed by atoms with Crippen LogP contribution in [0.2, 0.25) is 5.02 Å². The first-order chi connectivity index (χ1) is 8.26. The van der Waals surface area contributed by atoms with E-state index in [0.717, 1.165) is 22.9 Å². The van der Waals surface area contributed by atoms with E-state index in [9.17, 15) is 0 Å². The zero-order valence-corrected chi connectivity index (χ0v) is 11.6. The summed E-state index contributed by atoms with van der Waals surface area (Å²) in [5.74, 6) is 1.39. The second-order valence-corrected chi connectivity index (χ2v) is 5.24. The Morgan fingerprint density at radius 1 is 1.47 bits per heavy atom. The molecule has 0 N–H and O–H groups in total. The highest BCUT2D eigenvalue weighted by Gasteiger charge is 2.30. The zero-order valence-electron chi connectivity index (χ0n) is 10.1. The van der Waals surface area contributed by atoms with E-state index in [1.807, 2.05) is 12.3 Å². The molecule has 0 amide bonds. The average molecular weight is 273 g/mol. The van der Waals surface area contributed by atoms with Crippen molar-refractivity contribution in [3.8, 4) is 0 Å². The smallest absolute Gasteiger partial charge is 0.147 e. The maximum atomic E-state index is 6.29. The Bertz CT molecular complexity index is 378. The number of hydrogen-bond donors (Lipinski definition) is 0. The summed E-state index contributed by atoms with van der Waals surface area (Å²) in [5, 5.41) is 0.728. The van der Waals surface area contributed by atoms with Crippen molar-refractivity contribution in [2.24, 2.45) is 0 Å². The molecule has 0 unspecified atom stereocenters. The van der Waals surface area contributed by atoms with Gasteiger partial charge in [0.15, 0.2) is 0 Å². The second kappa shape index (κ2) is 5.92. The van der Waals surface area contributed by atoms with E-state index in [1.54, 1.807) is 0 Å². The Morgan fingerprint density at radius 3 is 2.76 bits per heavy atom. The van der Waals surface area contributed by atoms with Crippen LogP contribution in [0, 0.1) is 0 Å². The Kier molecular flexibility index (Phi) is 4.52. The molecule has 1 saturated carbocycles. The van der Waals surface area contributed by atoms with Crippen LogP contribution in [0.5, 0.6) is 0 Å². The molecule has 1 aliphatic rings. The number of unbranched alkanes of at least 4 members (excludes halogenated alkanes) is 1. The minimum Gasteiger partial charge on any atom is -0.352 e. The molecular formula is C13H18Cl2N2. The normalized spacial score (nSPS) is 15.0. The summed E-state index contributed by atoms with van der Waals surface area (Å²) in [6.45, 7) is 3.25. The Hall–Kier alpha value is -0.470. The number of aromatic nitrogens is 1. The van der Waals surface area contributed by atoms with E-state index < -0.39 is 0 Å². The minimum atomic E-state index is 0.464. The summed E-state index contributed by atoms with van der Waals surface area (Å²) in [5.41, 5.74) is 0.978. The highest BCUT2D eigenvalue weighted by atomic mass is 35.5. The molecule has 4 heteroatoms. The third-order valence-corrected chi connectivity index (χ3v) is 3.63. The first kappa shape index (κ1) is 13.0. The van der Waals surface area contributed by atoms with E-state index in [-0.39, 0.29) is 0 Å². The van der Waals surface area contributed by atoms with Crippen molar-refractivity contribution in [2.75, 3.05) is 11.4 Å². The Morgan fingerprint density at radius 2 is 2.24 bits per heavy atom. The standard InChI is InChI=1S/C13H18Cl2N2/c1-2-3-6-17(11-4-5-11)13-12(15)7-10(8-14)9-16-13/h7,9,11H,2-6,8H2,1H3. The van der Waals surface area contributed by atoms with Crippen LogP contribution in [0.4, 0.5) is 5.82 Å². The van der Waals surface area contributed by atoms with Gasteiger partial charge in [-0.05, 0) is 30.9 Å². The number of alkyl halides is 1. The molecule has 1 aliphatic carbocycles. The molecule has 0 saturated heterocycles. The first-order valence-corrected chi connectivity index (χ1v) is 7.14. The minimum absolute atomic E-state index is 0.464. The molecule has 17 heavy (non-hydrogen) atoms. The lowest BCUT2D eigenvalue weighted by Crippen LogP contribution is -2.28. The van der Waals surface area contributed by atoms with Gasteiger partial charge in [0.1, 0.15) is 5.82 Å². The van der Waals surface area contributed by atoms with Crippen molar-refractivity contribution in [1.82, 2.24) is 4.98 Å². The van der Waals surface area contributed by atoms with Crippen LogP contribution in [0.3, 0.4) is 0 Å². The van der Waals surface area contributed by atoms with Gasteiger partial charge < -0.3 is 4.90 Å². The van der Waals surface area contributed by atoms with Gasteiger partial charge in [0.25, 0.3) is 0 Å². The summed E-state index contributed by atoms with van der Waals surface area (Å²) >= 11 is 12.1. The van der Waals surface area contributed by atoms with E-state index in [0.29, 0.717) is 11.9 Å². The van der Waals surface area contributed by atoms with E-state index in [2.05, 4.69) is 16.8 Å². The Balaban J connectivity index is 2.16. The molecule has 1 heterocycles. The quantitative estimate of drug-likeness (QED) is 0.720. The van der Waals surface area contributed by atoms with E-state index >= 15 is 0 Å². The lowest BCUT2D eigenvalue weighted by molar-refractivity contribution is 0.704. The molecule has 1 aromatic rings. The highest BCUT2D eigenvalue weighted by molar-refractivity contribution is 6.33. The molecule has 0 spiro atoms. The molecule has 0 aromatic carbocycles. The third-order valence-electron chi connectivity index (χ3n) is 3.04. The molecular weight excluding hydrogens is 255 g/mol. The van der Waals surface area contributed by atoms with Crippen LogP contribution in [0.25, 0.3) is 0 Å². The largest absolute Gasteiger partial charge is 0.352 e. The number of nitrogens with zero attached hydrogens (tertiary/aromatic N) is 2. The van der Waals surface area contributed by atoms with Crippen LogP contribution in [0.1, 0.15) is 38.2 Å². The van der Waals surface area contributed by atoms with Crippen molar-refractivity contribution in [3.05, 3.63) is 22.8 Å². The zero-order chi connectivity index (χ0) is 12.3. The number of rotatable bonds is 6. The van der Waals surface area contributed by atoms with Gasteiger partial charge in [0.2, 0.25) is 0 Å². The molecule has 0 bridgehead atoms. The monoisotopic (exact) mass is 272 g/mol. The van der Waals surface area contributed by atoms with Crippen LogP contribution in [0.15, 0.2) is 12.3 Å². The molecule has 94 valence electrons. The molecule has 0 atom stereocenters. The fourth-order valence-electron chi connectivity index (χ4n) is 1.93. The van der Waals surface area contributed by atoms with E-state index in [1.165, 1.54) is 25.7 Å². The molecule has 1 aromatic heterocycles. The third kappa shape index (κ3) is 3.26. The molecule has 0 radical (unpaired) electrons. The summed E-state index contributed by atoms with van der Waals surface area (Å²) in [7, 11) is 0. The topological polar surface area (TPSA) is 16.1 Å². The predicted octanol–water partition coefficient (Wildman–Crippen LogP) is 4.24. The van der Waals surface area contributed by atoms with Gasteiger partial charge in [-0.2, -0.15) is 0 Å². The number of hydrogen-bond acceptors (Lipinski definition) is 2. The van der Waals surface area contributed by atoms with Gasteiger partial charge in [-0.1, -0.05) is 24.9 Å². The predicted molar refractivity (Wildman–Crippen MR) is 74.1 cm³/mol. The molecule has 0 aliphatic heterocycles. The summed E-state index contributed by atoms with van der Waals surface area (Å²) in [6, 6.07) is 2.58. The number of anilines is 1. The fourth-order valence-corrected chi connectivity index (χ4v) is 2.37. The van der Waals surface area contributed by atoms with Gasteiger partial charge in [-0.3, -0.25) is 0 Å². The lowest BCUT2D eigenvalue weighted by Gasteiger charge is -2.24. The van der Waals surface area contributed by atoms with Gasteiger partial charge in [0.05, 0.1) is 5.02 Å². The van der Waals surface area contributed by atoms with Gasteiger partial charge in [0, 0.05) is 24.7 Å². The lowest BCUT2D eigenvalue weighted by atomic mass is 10.2. The summed E-state index contributed by atoms with van der Waals surface area (Å²) in [6.07, 6.45) is 6.74. The molecule has 2 rings (SSSR count). The number of halogens is 2. The molecule has 2 nitrogen and oxygen atoms in total. The van der Waals surface area contributed by atoms with Crippen molar-refractivity contribution in [3.63, 3.8) is 0 Å². The first-order valence-electron chi connectivity index (χ1n) is 6.23. The van der Waals surface area contributed by atoms with Crippen LogP contribution < -0.4 is 4.90 Å². The maximum absolute atomic E-state index is 6.29. The number of pyridine rings is 1. The van der Waals surface area contributed by atoms with Crippen molar-refractivity contribution in [2.45, 2.75) is 44.5 Å². The van der Waals surface area contributed by atoms with Crippen LogP contribution in [-0.2, 0) is 5.88 Å². The summed E-state index contributed by atoms with van der Waals surface area (Å²) < 4.78 is 0. The fraction of sp³-hybridized carbons (Fsp3) is 0.615. The van der Waals surface area contributed by atoms with Crippen molar-refractivity contribution in [1.29, 1.82) is 0 Å². The highest BCUT2D eigenvalue weighted by Crippen LogP contribution is 2.34. The summed E-state index contributed by atoms with van der Waals surface area (Å²) in [4.78, 5) is 6.82. The Labute approximate surface area is 113 Å². The van der Waals surface area contributed by atoms with Crippen molar-refractivity contribution >= 4 is 29.0 Å². The van der Waals surface area contributed by atoms with E-state index in [4.69, 9.17) is 23.2 Å². The van der Waals surface area contributed by atoms with Crippen molar-refractivity contribution < 1.29 is 0 Å². The second-order valence-electron chi connectivity index (χ2n) is 4.56. The van der Waals surface area contributed by atoms with Crippen LogP contribution in [-0.4, -0.2) is 17.6 Å². The SMILES string of the molecule is CCCCN(c1ncc(CCl)cc1Cl)C1CC1. The maximum Gasteiger partial charge on any atom is 0.147 e. The van der Waals surface area contributed by atoms with Gasteiger partial charge in [-0.15, -0.1) is 11.6 Å². The van der Waals surface area contributed by atoms with Gasteiger partial charge >= 0.3 is 0 Å². The average Bonchev–Trinajstić information content (AvgIpc) is 3.15. The van der Waals surface area contributed by atoms with Gasteiger partial charge in [-0.25, -0.2) is 4.98 Å². The van der Waals surface area contributed by atoms with Crippen LogP contribution >= 0.6 is 23.2 Å². The molecule has 1 fully saturated rings.